The van der Waals surface area contributed by atoms with E-state index in [1.165, 1.54) is 0 Å². The molecular weight excluding hydrogens is 236 g/mol. The number of carboxylic acids is 1. The van der Waals surface area contributed by atoms with Crippen LogP contribution < -0.4 is 0 Å². The molecule has 0 fully saturated rings. The van der Waals surface area contributed by atoms with Crippen LogP contribution >= 0.6 is 0 Å². The minimum Gasteiger partial charge on any atom is -0.481 e. The zero-order valence-corrected chi connectivity index (χ0v) is 12.8. The van der Waals surface area contributed by atoms with Crippen molar-refractivity contribution in [1.29, 1.82) is 0 Å². The van der Waals surface area contributed by atoms with Crippen molar-refractivity contribution >= 4 is 5.97 Å². The number of aliphatic carboxylic acids is 1. The Labute approximate surface area is 118 Å². The Morgan fingerprint density at radius 3 is 1.56 bits per heavy atom. The van der Waals surface area contributed by atoms with Crippen LogP contribution in [0.3, 0.4) is 0 Å². The van der Waals surface area contributed by atoms with Crippen LogP contribution in [0.5, 0.6) is 0 Å². The van der Waals surface area contributed by atoms with Crippen LogP contribution in [0.1, 0.15) is 52.9 Å². The number of unbranched alkanes of at least 4 members (excludes halogenated alkanes) is 3. The van der Waals surface area contributed by atoms with E-state index >= 15 is 0 Å². The van der Waals surface area contributed by atoms with Crippen LogP contribution in [0.2, 0.25) is 0 Å². The molecule has 0 amide bonds. The van der Waals surface area contributed by atoms with Crippen molar-refractivity contribution in [3.63, 3.8) is 0 Å². The van der Waals surface area contributed by atoms with Gasteiger partial charge in [-0.15, -0.1) is 0 Å². The van der Waals surface area contributed by atoms with Gasteiger partial charge in [-0.2, -0.15) is 27.2 Å². The minimum absolute atomic E-state index is 0. The molecule has 0 aromatic rings. The van der Waals surface area contributed by atoms with Crippen molar-refractivity contribution in [2.75, 3.05) is 0 Å². The Kier molecular flexibility index (Phi) is 85.0. The van der Waals surface area contributed by atoms with Crippen LogP contribution in [0, 0.1) is 27.7 Å². The maximum absolute atomic E-state index is 9.95. The molecule has 0 aliphatic carbocycles. The van der Waals surface area contributed by atoms with E-state index in [9.17, 15) is 4.79 Å². The molecule has 1 N–H and O–H groups in total. The van der Waals surface area contributed by atoms with Crippen molar-refractivity contribution in [2.24, 2.45) is 0 Å². The topological polar surface area (TPSA) is 37.3 Å². The summed E-state index contributed by atoms with van der Waals surface area (Å²) in [6.07, 6.45) is 4.06. The molecule has 0 aliphatic heterocycles. The summed E-state index contributed by atoms with van der Waals surface area (Å²) in [4.78, 5) is 9.95. The van der Waals surface area contributed by atoms with Gasteiger partial charge in [0.25, 0.3) is 0 Å². The molecule has 0 aromatic carbocycles. The fraction of sp³-hybridized carbons (Fsp3) is 0.615. The Morgan fingerprint density at radius 2 is 1.31 bits per heavy atom. The van der Waals surface area contributed by atoms with Gasteiger partial charge >= 0.3 is 27.7 Å². The molecule has 0 aromatic heterocycles. The number of hydrogen-bond acceptors (Lipinski definition) is 1. The maximum atomic E-state index is 9.95. The third kappa shape index (κ3) is 64.5. The van der Waals surface area contributed by atoms with E-state index in [1.807, 2.05) is 0 Å². The molecule has 0 spiro atoms. The number of carbonyl (C=O) groups is 1. The summed E-state index contributed by atoms with van der Waals surface area (Å²) in [5, 5.41) is 8.20. The summed E-state index contributed by atoms with van der Waals surface area (Å²) in [6.45, 7) is 18.7. The van der Waals surface area contributed by atoms with Gasteiger partial charge < -0.3 is 32.8 Å². The Balaban J connectivity index is -0.0000000498. The first-order valence-corrected chi connectivity index (χ1v) is 5.40. The molecule has 0 rings (SSSR count). The van der Waals surface area contributed by atoms with E-state index in [1.54, 1.807) is 20.8 Å². The van der Waals surface area contributed by atoms with Gasteiger partial charge in [-0.25, -0.2) is 0 Å². The van der Waals surface area contributed by atoms with Gasteiger partial charge in [0, 0.05) is 6.42 Å². The van der Waals surface area contributed by atoms with Crippen LogP contribution in [-0.2, 0) is 26.5 Å². The number of hydrogen-bond donors (Lipinski definition) is 1. The first-order valence-electron chi connectivity index (χ1n) is 5.40. The molecule has 0 unspecified atom stereocenters. The molecule has 0 saturated heterocycles. The van der Waals surface area contributed by atoms with Gasteiger partial charge in [0.05, 0.1) is 0 Å². The van der Waals surface area contributed by atoms with Crippen LogP contribution in [0.25, 0.3) is 0 Å². The van der Waals surface area contributed by atoms with Gasteiger partial charge in [0.15, 0.2) is 0 Å². The predicted molar refractivity (Wildman–Crippen MR) is 69.2 cm³/mol. The van der Waals surface area contributed by atoms with Crippen molar-refractivity contribution in [3.05, 3.63) is 27.7 Å². The second-order valence-electron chi connectivity index (χ2n) is 2.06. The van der Waals surface area contributed by atoms with Gasteiger partial charge in [-0.1, -0.05) is 12.8 Å². The predicted octanol–water partition coefficient (Wildman–Crippen LogP) is 4.37. The zero-order valence-electron chi connectivity index (χ0n) is 11.2. The molecule has 0 heterocycles. The van der Waals surface area contributed by atoms with Gasteiger partial charge in [0.1, 0.15) is 0 Å². The molecule has 16 heavy (non-hydrogen) atoms. The molecule has 0 aliphatic rings. The monoisotopic (exact) mass is 264 g/mol. The van der Waals surface area contributed by atoms with Crippen LogP contribution in [-0.4, -0.2) is 11.1 Å². The molecule has 96 valence electrons. The van der Waals surface area contributed by atoms with Gasteiger partial charge in [-0.05, 0) is 6.42 Å². The first kappa shape index (κ1) is 29.8. The van der Waals surface area contributed by atoms with E-state index in [-0.39, 0.29) is 21.7 Å². The van der Waals surface area contributed by atoms with Crippen LogP contribution in [0.15, 0.2) is 0 Å². The third-order valence-electron chi connectivity index (χ3n) is 1.14. The largest absolute Gasteiger partial charge is 4.00 e. The quantitative estimate of drug-likeness (QED) is 0.454. The van der Waals surface area contributed by atoms with Crippen molar-refractivity contribution in [3.8, 4) is 0 Å². The first-order chi connectivity index (χ1) is 7.27. The summed E-state index contributed by atoms with van der Waals surface area (Å²) >= 11 is 0. The fourth-order valence-corrected chi connectivity index (χ4v) is 0.630. The molecular formula is C13H28O2Ti. The van der Waals surface area contributed by atoms with Gasteiger partial charge in [-0.3, -0.25) is 4.79 Å². The second kappa shape index (κ2) is 45.6. The van der Waals surface area contributed by atoms with Crippen molar-refractivity contribution in [1.82, 2.24) is 0 Å². The Bertz CT molecular complexity index is 86.0. The van der Waals surface area contributed by atoms with E-state index in [2.05, 4.69) is 27.7 Å². The minimum atomic E-state index is -0.695. The van der Waals surface area contributed by atoms with Crippen LogP contribution in [0.4, 0.5) is 0 Å². The molecule has 0 atom stereocenters. The van der Waals surface area contributed by atoms with E-state index < -0.39 is 5.97 Å². The summed E-state index contributed by atoms with van der Waals surface area (Å²) in [7, 11) is 0. The fourth-order valence-electron chi connectivity index (χ4n) is 0.630. The standard InChI is InChI=1S/C7H13O2.3C2H5.Ti/c1-2-3-4-5-6-7(8)9;3*1-2;/h1-6H2,(H,8,9);3*1H2,2H3;/q4*-1;+4. The Morgan fingerprint density at radius 1 is 0.938 bits per heavy atom. The molecule has 0 saturated carbocycles. The third-order valence-corrected chi connectivity index (χ3v) is 1.14. The summed E-state index contributed by atoms with van der Waals surface area (Å²) in [6, 6.07) is 0. The SMILES string of the molecule is [CH2-]C.[CH2-]C.[CH2-]C.[CH2-]CCCCCC(=O)O.[Ti+4]. The average molecular weight is 264 g/mol. The Hall–Kier alpha value is 0.184. The molecule has 2 nitrogen and oxygen atoms in total. The summed E-state index contributed by atoms with van der Waals surface area (Å²) < 4.78 is 0. The smallest absolute Gasteiger partial charge is 0.481 e. The molecule has 0 radical (unpaired) electrons. The second-order valence-corrected chi connectivity index (χ2v) is 2.06. The normalized spacial score (nSPS) is 6.44. The summed E-state index contributed by atoms with van der Waals surface area (Å²) in [5.41, 5.74) is 0. The van der Waals surface area contributed by atoms with E-state index in [0.717, 1.165) is 25.7 Å². The molecule has 0 bridgehead atoms. The molecule has 3 heteroatoms. The zero-order chi connectivity index (χ0) is 13.1. The average Bonchev–Trinajstić information content (AvgIpc) is 2.32. The van der Waals surface area contributed by atoms with Crippen molar-refractivity contribution < 1.29 is 31.6 Å². The van der Waals surface area contributed by atoms with Gasteiger partial charge in [0.2, 0.25) is 0 Å². The number of carboxylic acid groups (broad SMARTS) is 1. The maximum Gasteiger partial charge on any atom is 4.00 e. The van der Waals surface area contributed by atoms with E-state index in [0.29, 0.717) is 6.42 Å². The van der Waals surface area contributed by atoms with E-state index in [4.69, 9.17) is 5.11 Å². The summed E-state index contributed by atoms with van der Waals surface area (Å²) in [5.74, 6) is -0.695. The number of rotatable bonds is 5. The van der Waals surface area contributed by atoms with Crippen molar-refractivity contribution in [2.45, 2.75) is 52.9 Å².